The van der Waals surface area contributed by atoms with Crippen molar-refractivity contribution in [2.45, 2.75) is 32.9 Å². The zero-order chi connectivity index (χ0) is 24.7. The van der Waals surface area contributed by atoms with Gasteiger partial charge in [0.05, 0.1) is 17.5 Å². The second kappa shape index (κ2) is 8.68. The second-order valence-corrected chi connectivity index (χ2v) is 8.55. The molecule has 1 fully saturated rings. The van der Waals surface area contributed by atoms with Crippen molar-refractivity contribution in [3.63, 3.8) is 0 Å². The summed E-state index contributed by atoms with van der Waals surface area (Å²) >= 11 is 0. The zero-order valence-corrected chi connectivity index (χ0v) is 19.2. The molecule has 1 amide bonds. The number of pyridine rings is 1. The number of nitrogens with one attached hydrogen (secondary N) is 1. The average molecular weight is 480 g/mol. The molecular formula is C25H23F3N6O. The minimum absolute atomic E-state index is 0.0338. The first-order chi connectivity index (χ1) is 16.7. The van der Waals surface area contributed by atoms with E-state index in [4.69, 9.17) is 0 Å². The zero-order valence-electron chi connectivity index (χ0n) is 19.2. The maximum absolute atomic E-state index is 13.7. The molecule has 1 aliphatic rings. The quantitative estimate of drug-likeness (QED) is 0.430. The highest BCUT2D eigenvalue weighted by Crippen LogP contribution is 2.38. The third kappa shape index (κ3) is 4.20. The van der Waals surface area contributed by atoms with Crippen molar-refractivity contribution in [2.75, 3.05) is 23.3 Å². The number of carbonyl (C=O) groups excluding carboxylic acids is 1. The highest BCUT2D eigenvalue weighted by atomic mass is 19.4. The van der Waals surface area contributed by atoms with E-state index in [1.807, 2.05) is 6.07 Å². The molecular weight excluding hydrogens is 457 g/mol. The summed E-state index contributed by atoms with van der Waals surface area (Å²) in [6.45, 7) is 5.28. The normalized spacial score (nSPS) is 14.0. The average Bonchev–Trinajstić information content (AvgIpc) is 3.52. The summed E-state index contributed by atoms with van der Waals surface area (Å²) in [6.07, 6.45) is -0.920. The Morgan fingerprint density at radius 2 is 1.74 bits per heavy atom. The monoisotopic (exact) mass is 480 g/mol. The number of anilines is 2. The van der Waals surface area contributed by atoms with Crippen molar-refractivity contribution in [3.05, 3.63) is 71.0 Å². The molecule has 0 spiro atoms. The van der Waals surface area contributed by atoms with Crippen LogP contribution in [0.4, 0.5) is 24.8 Å². The van der Waals surface area contributed by atoms with Crippen LogP contribution in [0.3, 0.4) is 0 Å². The Bertz CT molecular complexity index is 1420. The van der Waals surface area contributed by atoms with Crippen LogP contribution < -0.4 is 10.2 Å². The molecule has 1 aliphatic heterocycles. The minimum atomic E-state index is -4.54. The van der Waals surface area contributed by atoms with Gasteiger partial charge in [-0.2, -0.15) is 22.8 Å². The highest BCUT2D eigenvalue weighted by molar-refractivity contribution is 6.02. The van der Waals surface area contributed by atoms with Crippen LogP contribution in [0.15, 0.2) is 48.7 Å². The van der Waals surface area contributed by atoms with Crippen LogP contribution in [0, 0.1) is 13.8 Å². The van der Waals surface area contributed by atoms with E-state index in [0.29, 0.717) is 16.8 Å². The molecule has 1 aromatic carbocycles. The first-order valence-corrected chi connectivity index (χ1v) is 11.3. The van der Waals surface area contributed by atoms with Gasteiger partial charge in [-0.05, 0) is 56.0 Å². The lowest BCUT2D eigenvalue weighted by atomic mass is 9.99. The largest absolute Gasteiger partial charge is 0.417 e. The van der Waals surface area contributed by atoms with Gasteiger partial charge in [-0.15, -0.1) is 0 Å². The Hall–Kier alpha value is -3.95. The van der Waals surface area contributed by atoms with Crippen LogP contribution >= 0.6 is 0 Å². The molecule has 0 saturated carbocycles. The molecule has 4 heterocycles. The van der Waals surface area contributed by atoms with Crippen LogP contribution in [0.2, 0.25) is 0 Å². The molecule has 0 aliphatic carbocycles. The van der Waals surface area contributed by atoms with Gasteiger partial charge in [-0.25, -0.2) is 9.97 Å². The fourth-order valence-electron chi connectivity index (χ4n) is 4.35. The fourth-order valence-corrected chi connectivity index (χ4v) is 4.35. The lowest BCUT2D eigenvalue weighted by molar-refractivity contribution is -0.137. The molecule has 5 rings (SSSR count). The Balaban J connectivity index is 1.53. The number of alkyl halides is 3. The SMILES string of the molecule is Cc1c(-c2ccccc2C(F)(F)F)nn2c(NC(=O)c3cccc(N4CCCC4)n3)cnc2c1C. The lowest BCUT2D eigenvalue weighted by Crippen LogP contribution is -2.21. The topological polar surface area (TPSA) is 75.4 Å². The molecule has 10 heteroatoms. The summed E-state index contributed by atoms with van der Waals surface area (Å²) in [6, 6.07) is 10.6. The van der Waals surface area contributed by atoms with E-state index >= 15 is 0 Å². The number of hydrogen-bond acceptors (Lipinski definition) is 5. The number of halogens is 3. The third-order valence-corrected chi connectivity index (χ3v) is 6.32. The molecule has 3 aromatic heterocycles. The maximum Gasteiger partial charge on any atom is 0.417 e. The van der Waals surface area contributed by atoms with E-state index in [0.717, 1.165) is 37.8 Å². The fraction of sp³-hybridized carbons (Fsp3) is 0.280. The van der Waals surface area contributed by atoms with E-state index in [1.165, 1.54) is 22.8 Å². The second-order valence-electron chi connectivity index (χ2n) is 8.55. The predicted molar refractivity (Wildman–Crippen MR) is 127 cm³/mol. The third-order valence-electron chi connectivity index (χ3n) is 6.32. The Morgan fingerprint density at radius 1 is 1.00 bits per heavy atom. The number of nitrogens with zero attached hydrogens (tertiary/aromatic N) is 5. The van der Waals surface area contributed by atoms with Gasteiger partial charge in [-0.1, -0.05) is 24.3 Å². The number of hydrogen-bond donors (Lipinski definition) is 1. The number of amides is 1. The maximum atomic E-state index is 13.7. The van der Waals surface area contributed by atoms with Gasteiger partial charge in [0.15, 0.2) is 11.5 Å². The van der Waals surface area contributed by atoms with Gasteiger partial charge in [0.1, 0.15) is 11.5 Å². The van der Waals surface area contributed by atoms with Gasteiger partial charge in [0.25, 0.3) is 5.91 Å². The van der Waals surface area contributed by atoms with Crippen LogP contribution in [0.25, 0.3) is 16.9 Å². The number of aryl methyl sites for hydroxylation is 1. The van der Waals surface area contributed by atoms with Crippen LogP contribution in [-0.2, 0) is 6.18 Å². The molecule has 0 atom stereocenters. The van der Waals surface area contributed by atoms with Crippen molar-refractivity contribution in [1.29, 1.82) is 0 Å². The molecule has 4 aromatic rings. The summed E-state index contributed by atoms with van der Waals surface area (Å²) in [4.78, 5) is 24.0. The molecule has 180 valence electrons. The first-order valence-electron chi connectivity index (χ1n) is 11.3. The summed E-state index contributed by atoms with van der Waals surface area (Å²) in [5.41, 5.74) is 1.29. The van der Waals surface area contributed by atoms with Crippen molar-refractivity contribution in [1.82, 2.24) is 19.6 Å². The van der Waals surface area contributed by atoms with E-state index in [2.05, 4.69) is 25.3 Å². The van der Waals surface area contributed by atoms with Crippen molar-refractivity contribution in [3.8, 4) is 11.3 Å². The summed E-state index contributed by atoms with van der Waals surface area (Å²) in [7, 11) is 0. The standard InChI is InChI=1S/C25H23F3N6O/c1-15-16(2)23-29-14-21(31-24(35)19-10-7-11-20(30-19)33-12-5-6-13-33)34(23)32-22(15)17-8-3-4-9-18(17)25(26,27)28/h3-4,7-11,14H,5-6,12-13H2,1-2H3,(H,31,35). The smallest absolute Gasteiger partial charge is 0.357 e. The predicted octanol–water partition coefficient (Wildman–Crippen LogP) is 5.28. The van der Waals surface area contributed by atoms with E-state index in [9.17, 15) is 18.0 Å². The minimum Gasteiger partial charge on any atom is -0.357 e. The van der Waals surface area contributed by atoms with Gasteiger partial charge in [0, 0.05) is 18.7 Å². The summed E-state index contributed by atoms with van der Waals surface area (Å²) < 4.78 is 42.4. The number of carbonyl (C=O) groups is 1. The molecule has 35 heavy (non-hydrogen) atoms. The molecule has 7 nitrogen and oxygen atoms in total. The van der Waals surface area contributed by atoms with Gasteiger partial charge in [0.2, 0.25) is 0 Å². The van der Waals surface area contributed by atoms with Crippen LogP contribution in [0.1, 0.15) is 40.0 Å². The van der Waals surface area contributed by atoms with Crippen molar-refractivity contribution >= 4 is 23.2 Å². The molecule has 1 saturated heterocycles. The molecule has 0 unspecified atom stereocenters. The highest BCUT2D eigenvalue weighted by Gasteiger charge is 2.34. The lowest BCUT2D eigenvalue weighted by Gasteiger charge is -2.17. The Morgan fingerprint density at radius 3 is 2.49 bits per heavy atom. The molecule has 0 radical (unpaired) electrons. The number of aromatic nitrogens is 4. The number of fused-ring (bicyclic) bond motifs is 1. The Labute approximate surface area is 199 Å². The van der Waals surface area contributed by atoms with Gasteiger partial charge >= 0.3 is 6.18 Å². The molecule has 0 bridgehead atoms. The summed E-state index contributed by atoms with van der Waals surface area (Å²) in [5, 5.41) is 7.24. The van der Waals surface area contributed by atoms with Crippen molar-refractivity contribution in [2.24, 2.45) is 0 Å². The Kier molecular flexibility index (Phi) is 5.66. The van der Waals surface area contributed by atoms with E-state index < -0.39 is 17.6 Å². The number of benzene rings is 1. The van der Waals surface area contributed by atoms with Crippen LogP contribution in [-0.4, -0.2) is 38.6 Å². The van der Waals surface area contributed by atoms with Crippen LogP contribution in [0.5, 0.6) is 0 Å². The van der Waals surface area contributed by atoms with Gasteiger partial charge < -0.3 is 10.2 Å². The number of rotatable bonds is 4. The first kappa shape index (κ1) is 22.8. The van der Waals surface area contributed by atoms with E-state index in [-0.39, 0.29) is 22.8 Å². The molecule has 1 N–H and O–H groups in total. The van der Waals surface area contributed by atoms with Gasteiger partial charge in [-0.3, -0.25) is 4.79 Å². The number of imidazole rings is 1. The van der Waals surface area contributed by atoms with Crippen molar-refractivity contribution < 1.29 is 18.0 Å². The summed E-state index contributed by atoms with van der Waals surface area (Å²) in [5.74, 6) is 0.529. The van der Waals surface area contributed by atoms with E-state index in [1.54, 1.807) is 32.0 Å².